The summed E-state index contributed by atoms with van der Waals surface area (Å²) in [5.41, 5.74) is 2.81. The van der Waals surface area contributed by atoms with Crippen molar-refractivity contribution in [1.82, 2.24) is 19.7 Å². The average Bonchev–Trinajstić information content (AvgIpc) is 2.89. The van der Waals surface area contributed by atoms with Gasteiger partial charge in [-0.15, -0.1) is 10.2 Å². The van der Waals surface area contributed by atoms with Crippen LogP contribution in [0, 0.1) is 6.92 Å². The van der Waals surface area contributed by atoms with Gasteiger partial charge >= 0.3 is 0 Å². The molecule has 0 bridgehead atoms. The molecule has 22 heavy (non-hydrogen) atoms. The van der Waals surface area contributed by atoms with Crippen molar-refractivity contribution in [3.05, 3.63) is 46.4 Å². The second-order valence-corrected chi connectivity index (χ2v) is 6.24. The second kappa shape index (κ2) is 6.24. The quantitative estimate of drug-likeness (QED) is 0.743. The normalized spacial score (nSPS) is 11.3. The van der Waals surface area contributed by atoms with Gasteiger partial charge in [0.2, 0.25) is 0 Å². The number of halogens is 1. The van der Waals surface area contributed by atoms with Gasteiger partial charge in [0.15, 0.2) is 11.0 Å². The van der Waals surface area contributed by atoms with Crippen molar-refractivity contribution >= 4 is 34.3 Å². The lowest BCUT2D eigenvalue weighted by Crippen LogP contribution is -1.99. The topological polar surface area (TPSA) is 63.8 Å². The summed E-state index contributed by atoms with van der Waals surface area (Å²) in [6, 6.07) is 7.96. The van der Waals surface area contributed by atoms with E-state index in [1.54, 1.807) is 4.57 Å². The molecule has 2 aromatic heterocycles. The van der Waals surface area contributed by atoms with Crippen molar-refractivity contribution in [2.24, 2.45) is 7.05 Å². The minimum Gasteiger partial charge on any atom is -0.388 e. The molecule has 0 fully saturated rings. The second-order valence-electron chi connectivity index (χ2n) is 4.92. The zero-order valence-corrected chi connectivity index (χ0v) is 13.8. The first-order chi connectivity index (χ1) is 10.6. The average molecular weight is 335 g/mol. The van der Waals surface area contributed by atoms with E-state index in [9.17, 15) is 0 Å². The van der Waals surface area contributed by atoms with Crippen LogP contribution in [0.4, 0.5) is 0 Å². The van der Waals surface area contributed by atoms with E-state index < -0.39 is 0 Å². The summed E-state index contributed by atoms with van der Waals surface area (Å²) in [7, 11) is 1.83. The molecule has 0 radical (unpaired) electrons. The molecule has 2 heterocycles. The highest BCUT2D eigenvalue weighted by atomic mass is 35.5. The maximum Gasteiger partial charge on any atom is 0.191 e. The zero-order chi connectivity index (χ0) is 15.7. The fourth-order valence-electron chi connectivity index (χ4n) is 2.25. The summed E-state index contributed by atoms with van der Waals surface area (Å²) >= 11 is 7.95. The number of para-hydroxylation sites is 1. The number of thioether (sulfide) groups is 1. The molecule has 0 saturated heterocycles. The molecule has 1 N–H and O–H groups in total. The van der Waals surface area contributed by atoms with E-state index in [4.69, 9.17) is 16.7 Å². The van der Waals surface area contributed by atoms with Crippen LogP contribution in [-0.4, -0.2) is 24.9 Å². The Kier molecular flexibility index (Phi) is 4.33. The van der Waals surface area contributed by atoms with E-state index in [1.165, 1.54) is 11.8 Å². The maximum atomic E-state index is 9.15. The van der Waals surface area contributed by atoms with E-state index in [1.807, 2.05) is 38.2 Å². The fraction of sp³-hybridized carbons (Fsp3) is 0.267. The van der Waals surface area contributed by atoms with Crippen LogP contribution in [0.1, 0.15) is 17.1 Å². The largest absolute Gasteiger partial charge is 0.388 e. The number of benzene rings is 1. The van der Waals surface area contributed by atoms with E-state index in [2.05, 4.69) is 15.2 Å². The molecule has 0 amide bonds. The van der Waals surface area contributed by atoms with E-state index in [0.717, 1.165) is 27.3 Å². The van der Waals surface area contributed by atoms with Crippen molar-refractivity contribution in [2.45, 2.75) is 24.4 Å². The Morgan fingerprint density at radius 1 is 1.27 bits per heavy atom. The van der Waals surface area contributed by atoms with Crippen LogP contribution >= 0.6 is 23.4 Å². The molecule has 0 atom stereocenters. The fourth-order valence-corrected chi connectivity index (χ4v) is 3.42. The minimum absolute atomic E-state index is 0.127. The standard InChI is InChI=1S/C15H15ClN4OS/c1-9-10-5-3-4-6-11(10)17-12(14(9)16)8-22-15-19-18-13(7-21)20(15)2/h3-6,21H,7-8H2,1-2H3. The van der Waals surface area contributed by atoms with E-state index in [-0.39, 0.29) is 6.61 Å². The molecule has 0 aliphatic heterocycles. The molecule has 0 spiro atoms. The summed E-state index contributed by atoms with van der Waals surface area (Å²) < 4.78 is 1.77. The highest BCUT2D eigenvalue weighted by Crippen LogP contribution is 2.30. The lowest BCUT2D eigenvalue weighted by Gasteiger charge is -2.09. The van der Waals surface area contributed by atoms with E-state index in [0.29, 0.717) is 16.6 Å². The van der Waals surface area contributed by atoms with Gasteiger partial charge in [-0.3, -0.25) is 4.98 Å². The molecule has 7 heteroatoms. The monoisotopic (exact) mass is 334 g/mol. The number of aromatic nitrogens is 4. The van der Waals surface area contributed by atoms with Crippen molar-refractivity contribution in [2.75, 3.05) is 0 Å². The van der Waals surface area contributed by atoms with Crippen LogP contribution in [0.25, 0.3) is 10.9 Å². The van der Waals surface area contributed by atoms with Crippen molar-refractivity contribution in [3.63, 3.8) is 0 Å². The summed E-state index contributed by atoms with van der Waals surface area (Å²) in [4.78, 5) is 4.65. The number of aliphatic hydroxyl groups is 1. The number of fused-ring (bicyclic) bond motifs is 1. The van der Waals surface area contributed by atoms with Crippen LogP contribution in [0.3, 0.4) is 0 Å². The Labute approximate surface area is 137 Å². The Balaban J connectivity index is 1.90. The predicted molar refractivity (Wildman–Crippen MR) is 88.0 cm³/mol. The number of aliphatic hydroxyl groups excluding tert-OH is 1. The first kappa shape index (κ1) is 15.3. The van der Waals surface area contributed by atoms with Gasteiger partial charge in [-0.05, 0) is 18.6 Å². The summed E-state index contributed by atoms with van der Waals surface area (Å²) in [6.07, 6.45) is 0. The van der Waals surface area contributed by atoms with Crippen LogP contribution in [0.2, 0.25) is 5.02 Å². The third-order valence-corrected chi connectivity index (χ3v) is 5.08. The summed E-state index contributed by atoms with van der Waals surface area (Å²) in [6.45, 7) is 1.88. The first-order valence-electron chi connectivity index (χ1n) is 6.77. The third-order valence-electron chi connectivity index (χ3n) is 3.55. The number of pyridine rings is 1. The Morgan fingerprint density at radius 3 is 2.77 bits per heavy atom. The number of hydrogen-bond donors (Lipinski definition) is 1. The summed E-state index contributed by atoms with van der Waals surface area (Å²) in [5, 5.41) is 19.6. The Hall–Kier alpha value is -1.63. The van der Waals surface area contributed by atoms with Gasteiger partial charge in [0.05, 0.1) is 16.2 Å². The molecular formula is C15H15ClN4OS. The first-order valence-corrected chi connectivity index (χ1v) is 8.13. The molecule has 0 aliphatic carbocycles. The summed E-state index contributed by atoms with van der Waals surface area (Å²) in [5.74, 6) is 1.14. The molecule has 0 saturated carbocycles. The maximum absolute atomic E-state index is 9.15. The van der Waals surface area contributed by atoms with Crippen molar-refractivity contribution in [1.29, 1.82) is 0 Å². The smallest absolute Gasteiger partial charge is 0.191 e. The minimum atomic E-state index is -0.127. The van der Waals surface area contributed by atoms with Crippen LogP contribution < -0.4 is 0 Å². The van der Waals surface area contributed by atoms with Crippen LogP contribution in [0.5, 0.6) is 0 Å². The highest BCUT2D eigenvalue weighted by Gasteiger charge is 2.13. The molecule has 114 valence electrons. The molecule has 1 aromatic carbocycles. The number of rotatable bonds is 4. The van der Waals surface area contributed by atoms with E-state index >= 15 is 0 Å². The molecule has 3 rings (SSSR count). The van der Waals surface area contributed by atoms with Gasteiger partial charge in [-0.2, -0.15) is 0 Å². The highest BCUT2D eigenvalue weighted by molar-refractivity contribution is 7.98. The van der Waals surface area contributed by atoms with Gasteiger partial charge in [0, 0.05) is 18.2 Å². The van der Waals surface area contributed by atoms with Gasteiger partial charge in [-0.25, -0.2) is 0 Å². The molecule has 0 aliphatic rings. The van der Waals surface area contributed by atoms with Gasteiger partial charge in [0.1, 0.15) is 6.61 Å². The lowest BCUT2D eigenvalue weighted by atomic mass is 10.1. The predicted octanol–water partition coefficient (Wildman–Crippen LogP) is 3.11. The Bertz CT molecular complexity index is 834. The van der Waals surface area contributed by atoms with Gasteiger partial charge < -0.3 is 9.67 Å². The SMILES string of the molecule is Cc1c(Cl)c(CSc2nnc(CO)n2C)nc2ccccc12. The zero-order valence-electron chi connectivity index (χ0n) is 12.2. The number of hydrogen-bond acceptors (Lipinski definition) is 5. The number of aryl methyl sites for hydroxylation is 1. The molecular weight excluding hydrogens is 320 g/mol. The van der Waals surface area contributed by atoms with Crippen LogP contribution in [0.15, 0.2) is 29.4 Å². The van der Waals surface area contributed by atoms with Gasteiger partial charge in [0.25, 0.3) is 0 Å². The number of nitrogens with zero attached hydrogens (tertiary/aromatic N) is 4. The van der Waals surface area contributed by atoms with Crippen molar-refractivity contribution in [3.8, 4) is 0 Å². The Morgan fingerprint density at radius 2 is 2.05 bits per heavy atom. The molecule has 3 aromatic rings. The van der Waals surface area contributed by atoms with Crippen LogP contribution in [-0.2, 0) is 19.4 Å². The molecule has 5 nitrogen and oxygen atoms in total. The van der Waals surface area contributed by atoms with Gasteiger partial charge in [-0.1, -0.05) is 41.6 Å². The molecule has 0 unspecified atom stereocenters. The van der Waals surface area contributed by atoms with Crippen molar-refractivity contribution < 1.29 is 5.11 Å². The lowest BCUT2D eigenvalue weighted by molar-refractivity contribution is 0.266. The third kappa shape index (κ3) is 2.69.